The first kappa shape index (κ1) is 16.3. The molecule has 8 heteroatoms. The Labute approximate surface area is 138 Å². The van der Waals surface area contributed by atoms with Crippen LogP contribution in [0.5, 0.6) is 0 Å². The number of anilines is 1. The van der Waals surface area contributed by atoms with Crippen molar-refractivity contribution in [3.05, 3.63) is 58.6 Å². The molecule has 0 unspecified atom stereocenters. The largest absolute Gasteiger partial charge is 0.396 e. The van der Waals surface area contributed by atoms with Crippen molar-refractivity contribution < 1.29 is 22.6 Å². The van der Waals surface area contributed by atoms with E-state index in [-0.39, 0.29) is 11.5 Å². The van der Waals surface area contributed by atoms with Crippen molar-refractivity contribution in [2.75, 3.05) is 12.1 Å². The molecule has 0 radical (unpaired) electrons. The molecule has 0 atom stereocenters. The maximum absolute atomic E-state index is 12.2. The number of benzene rings is 2. The van der Waals surface area contributed by atoms with Crippen LogP contribution < -0.4 is 16.1 Å². The van der Waals surface area contributed by atoms with Gasteiger partial charge in [-0.15, -0.1) is 4.28 Å². The number of fused-ring (bicyclic) bond motifs is 1. The zero-order chi connectivity index (χ0) is 17.2. The Morgan fingerprint density at radius 1 is 1.12 bits per heavy atom. The van der Waals surface area contributed by atoms with Gasteiger partial charge in [0.1, 0.15) is 0 Å². The van der Waals surface area contributed by atoms with Gasteiger partial charge < -0.3 is 5.11 Å². The van der Waals surface area contributed by atoms with E-state index in [9.17, 15) is 13.2 Å². The number of carbonyl (C=O) groups excluding carboxylic acids is 1. The molecule has 1 amide bonds. The van der Waals surface area contributed by atoms with Crippen molar-refractivity contribution in [1.82, 2.24) is 0 Å². The minimum absolute atomic E-state index is 0.0434. The highest BCUT2D eigenvalue weighted by Gasteiger charge is 2.17. The maximum Gasteiger partial charge on any atom is 0.317 e. The Morgan fingerprint density at radius 3 is 2.58 bits per heavy atom. The average molecular weight is 346 g/mol. The van der Waals surface area contributed by atoms with Gasteiger partial charge in [0.25, 0.3) is 5.91 Å². The Kier molecular flexibility index (Phi) is 4.43. The lowest BCUT2D eigenvalue weighted by Crippen LogP contribution is -2.23. The van der Waals surface area contributed by atoms with Gasteiger partial charge in [0.05, 0.1) is 15.9 Å². The molecule has 0 spiro atoms. The van der Waals surface area contributed by atoms with Gasteiger partial charge in [0, 0.05) is 17.9 Å². The lowest BCUT2D eigenvalue weighted by Gasteiger charge is -2.08. The fourth-order valence-corrected chi connectivity index (χ4v) is 3.02. The molecule has 2 aromatic carbocycles. The summed E-state index contributed by atoms with van der Waals surface area (Å²) >= 11 is 0. The van der Waals surface area contributed by atoms with Crippen LogP contribution in [0.4, 0.5) is 5.69 Å². The molecule has 0 bridgehead atoms. The molecule has 1 aliphatic heterocycles. The third-order valence-corrected chi connectivity index (χ3v) is 4.55. The van der Waals surface area contributed by atoms with E-state index in [0.29, 0.717) is 22.7 Å². The summed E-state index contributed by atoms with van der Waals surface area (Å²) in [5.74, 6) is -0.415. The number of hydrogen-bond acceptors (Lipinski definition) is 6. The summed E-state index contributed by atoms with van der Waals surface area (Å²) in [6, 6.07) is 10.9. The highest BCUT2D eigenvalue weighted by molar-refractivity contribution is 7.86. The molecule has 124 valence electrons. The van der Waals surface area contributed by atoms with Crippen molar-refractivity contribution in [3.8, 4) is 0 Å². The molecule has 1 heterocycles. The van der Waals surface area contributed by atoms with Crippen LogP contribution in [0.2, 0.25) is 0 Å². The van der Waals surface area contributed by atoms with Gasteiger partial charge in [-0.3, -0.25) is 4.79 Å². The number of rotatable bonds is 6. The molecule has 24 heavy (non-hydrogen) atoms. The second-order valence-electron chi connectivity index (χ2n) is 5.13. The summed E-state index contributed by atoms with van der Waals surface area (Å²) in [5.41, 5.74) is 3.76. The van der Waals surface area contributed by atoms with Crippen LogP contribution in [0, 0.1) is 0 Å². The fourth-order valence-electron chi connectivity index (χ4n) is 2.21. The first-order chi connectivity index (χ1) is 11.5. The Morgan fingerprint density at radius 2 is 1.88 bits per heavy atom. The predicted molar refractivity (Wildman–Crippen MR) is 85.8 cm³/mol. The van der Waals surface area contributed by atoms with E-state index < -0.39 is 16.0 Å². The zero-order valence-corrected chi connectivity index (χ0v) is 13.3. The first-order valence-electron chi connectivity index (χ1n) is 7.12. The van der Waals surface area contributed by atoms with Gasteiger partial charge in [-0.25, -0.2) is 10.5 Å². The van der Waals surface area contributed by atoms with Crippen molar-refractivity contribution in [2.45, 2.75) is 11.3 Å². The van der Waals surface area contributed by atoms with Gasteiger partial charge in [-0.2, -0.15) is 8.42 Å². The number of nitrogens with zero attached hydrogens (tertiary/aromatic N) is 1. The van der Waals surface area contributed by atoms with Crippen molar-refractivity contribution in [1.29, 1.82) is 0 Å². The van der Waals surface area contributed by atoms with Gasteiger partial charge in [-0.05, 0) is 42.3 Å². The van der Waals surface area contributed by atoms with Gasteiger partial charge >= 0.3 is 10.1 Å². The van der Waals surface area contributed by atoms with Gasteiger partial charge in [0.15, 0.2) is 0 Å². The number of amides is 1. The Bertz CT molecular complexity index is 998. The SMILES string of the molecule is O=C1C=c2cc(S(=O)(=O)ONc3ccc(CCO)cc3)ccc2=N1. The zero-order valence-electron chi connectivity index (χ0n) is 12.5. The molecule has 2 N–H and O–H groups in total. The Balaban J connectivity index is 1.75. The number of aliphatic hydroxyl groups excluding tert-OH is 1. The van der Waals surface area contributed by atoms with Crippen molar-refractivity contribution in [2.24, 2.45) is 4.99 Å². The fraction of sp³-hybridized carbons (Fsp3) is 0.125. The molecule has 0 saturated heterocycles. The van der Waals surface area contributed by atoms with Gasteiger partial charge in [0.2, 0.25) is 0 Å². The van der Waals surface area contributed by atoms with Crippen LogP contribution in [0.25, 0.3) is 6.08 Å². The van der Waals surface area contributed by atoms with Crippen molar-refractivity contribution in [3.63, 3.8) is 0 Å². The molecule has 1 aliphatic rings. The molecule has 3 rings (SSSR count). The molecule has 2 aromatic rings. The molecular weight excluding hydrogens is 332 g/mol. The average Bonchev–Trinajstić information content (AvgIpc) is 2.94. The highest BCUT2D eigenvalue weighted by Crippen LogP contribution is 2.14. The second kappa shape index (κ2) is 6.52. The standard InChI is InChI=1S/C16H14N2O5S/c19-8-7-11-1-3-13(4-2-11)18-23-24(21,22)14-5-6-15-12(9-14)10-16(20)17-15/h1-6,9-10,18-19H,7-8H2. The second-order valence-corrected chi connectivity index (χ2v) is 6.67. The van der Waals surface area contributed by atoms with Crippen LogP contribution in [-0.4, -0.2) is 26.0 Å². The van der Waals surface area contributed by atoms with E-state index in [0.717, 1.165) is 5.56 Å². The van der Waals surface area contributed by atoms with Crippen LogP contribution in [-0.2, 0) is 25.6 Å². The van der Waals surface area contributed by atoms with E-state index in [1.54, 1.807) is 24.3 Å². The number of nitrogens with one attached hydrogen (secondary N) is 1. The summed E-state index contributed by atoms with van der Waals surface area (Å²) in [7, 11) is -4.04. The molecule has 0 aromatic heterocycles. The van der Waals surface area contributed by atoms with E-state index in [2.05, 4.69) is 10.5 Å². The van der Waals surface area contributed by atoms with Crippen LogP contribution in [0.15, 0.2) is 52.4 Å². The monoisotopic (exact) mass is 346 g/mol. The lowest BCUT2D eigenvalue weighted by atomic mass is 10.1. The Hall–Kier alpha value is -2.55. The highest BCUT2D eigenvalue weighted by atomic mass is 32.2. The number of carbonyl (C=O) groups is 1. The van der Waals surface area contributed by atoms with E-state index in [4.69, 9.17) is 9.39 Å². The number of hydrogen-bond donors (Lipinski definition) is 2. The normalized spacial score (nSPS) is 13.1. The molecule has 0 saturated carbocycles. The predicted octanol–water partition coefficient (Wildman–Crippen LogP) is -0.106. The summed E-state index contributed by atoms with van der Waals surface area (Å²) in [5, 5.41) is 9.74. The van der Waals surface area contributed by atoms with E-state index in [1.807, 2.05) is 0 Å². The van der Waals surface area contributed by atoms with Crippen LogP contribution in [0.1, 0.15) is 5.56 Å². The molecule has 7 nitrogen and oxygen atoms in total. The minimum atomic E-state index is -4.04. The molecule has 0 fully saturated rings. The topological polar surface area (TPSA) is 105 Å². The number of aliphatic hydroxyl groups is 1. The third kappa shape index (κ3) is 3.51. The summed E-state index contributed by atoms with van der Waals surface area (Å²) in [4.78, 5) is 14.9. The quantitative estimate of drug-likeness (QED) is 0.708. The molecule has 0 aliphatic carbocycles. The smallest absolute Gasteiger partial charge is 0.317 e. The van der Waals surface area contributed by atoms with E-state index in [1.165, 1.54) is 24.3 Å². The minimum Gasteiger partial charge on any atom is -0.396 e. The third-order valence-electron chi connectivity index (χ3n) is 3.42. The van der Waals surface area contributed by atoms with Crippen LogP contribution in [0.3, 0.4) is 0 Å². The summed E-state index contributed by atoms with van der Waals surface area (Å²) < 4.78 is 29.2. The summed E-state index contributed by atoms with van der Waals surface area (Å²) in [6.07, 6.45) is 1.79. The van der Waals surface area contributed by atoms with Gasteiger partial charge in [-0.1, -0.05) is 12.1 Å². The van der Waals surface area contributed by atoms with Crippen molar-refractivity contribution >= 4 is 27.8 Å². The lowest BCUT2D eigenvalue weighted by molar-refractivity contribution is -0.112. The first-order valence-corrected chi connectivity index (χ1v) is 8.52. The molecular formula is C16H14N2O5S. The van der Waals surface area contributed by atoms with Crippen LogP contribution >= 0.6 is 0 Å². The maximum atomic E-state index is 12.2. The van der Waals surface area contributed by atoms with E-state index >= 15 is 0 Å². The summed E-state index contributed by atoms with van der Waals surface area (Å²) in [6.45, 7) is 0.0434.